The smallest absolute Gasteiger partial charge is 0.338 e. The lowest BCUT2D eigenvalue weighted by Crippen LogP contribution is -2.21. The van der Waals surface area contributed by atoms with E-state index < -0.39 is 17.8 Å². The van der Waals surface area contributed by atoms with Crippen LogP contribution in [0.1, 0.15) is 42.6 Å². The first-order chi connectivity index (χ1) is 20.3. The van der Waals surface area contributed by atoms with Gasteiger partial charge in [0.15, 0.2) is 18.1 Å². The van der Waals surface area contributed by atoms with Crippen LogP contribution in [0, 0.1) is 0 Å². The number of carbonyl (C=O) groups excluding carboxylic acids is 4. The summed E-state index contributed by atoms with van der Waals surface area (Å²) in [5.74, 6) is -0.870. The van der Waals surface area contributed by atoms with Crippen molar-refractivity contribution in [3.63, 3.8) is 0 Å². The van der Waals surface area contributed by atoms with E-state index in [0.717, 1.165) is 0 Å². The number of hydrogen-bond donors (Lipinski definition) is 3. The van der Waals surface area contributed by atoms with Crippen molar-refractivity contribution in [2.75, 3.05) is 30.5 Å². The number of esters is 1. The van der Waals surface area contributed by atoms with E-state index in [-0.39, 0.29) is 32.0 Å². The highest BCUT2D eigenvalue weighted by molar-refractivity contribution is 6.30. The van der Waals surface area contributed by atoms with Gasteiger partial charge in [-0.3, -0.25) is 14.4 Å². The van der Waals surface area contributed by atoms with E-state index in [1.807, 2.05) is 0 Å². The maximum atomic E-state index is 12.4. The highest BCUT2D eigenvalue weighted by atomic mass is 35.5. The average molecular weight is 595 g/mol. The number of ether oxygens (including phenoxy) is 3. The molecule has 0 bridgehead atoms. The molecule has 3 amide bonds. The van der Waals surface area contributed by atoms with Crippen molar-refractivity contribution >= 4 is 52.9 Å². The van der Waals surface area contributed by atoms with Gasteiger partial charge in [-0.25, -0.2) is 10.2 Å². The van der Waals surface area contributed by atoms with E-state index in [9.17, 15) is 19.2 Å². The normalized spacial score (nSPS) is 10.5. The summed E-state index contributed by atoms with van der Waals surface area (Å²) in [6.07, 6.45) is 1.34. The second-order valence-electron chi connectivity index (χ2n) is 8.63. The molecule has 0 heterocycles. The fraction of sp³-hybridized carbons (Fsp3) is 0.233. The highest BCUT2D eigenvalue weighted by Crippen LogP contribution is 2.28. The monoisotopic (exact) mass is 594 g/mol. The van der Waals surface area contributed by atoms with Crippen molar-refractivity contribution in [1.82, 2.24) is 5.43 Å². The zero-order valence-electron chi connectivity index (χ0n) is 23.1. The summed E-state index contributed by atoms with van der Waals surface area (Å²) < 4.78 is 16.2. The van der Waals surface area contributed by atoms with Gasteiger partial charge in [0.05, 0.1) is 25.0 Å². The van der Waals surface area contributed by atoms with Crippen LogP contribution in [0.4, 0.5) is 11.4 Å². The molecule has 0 aliphatic carbocycles. The van der Waals surface area contributed by atoms with Gasteiger partial charge >= 0.3 is 5.97 Å². The first kappa shape index (κ1) is 31.6. The van der Waals surface area contributed by atoms with Crippen molar-refractivity contribution in [2.24, 2.45) is 5.10 Å². The first-order valence-corrected chi connectivity index (χ1v) is 13.5. The van der Waals surface area contributed by atoms with E-state index in [1.54, 1.807) is 80.6 Å². The molecule has 3 aromatic rings. The Labute approximate surface area is 248 Å². The molecule has 0 aromatic heterocycles. The van der Waals surface area contributed by atoms with Gasteiger partial charge in [-0.15, -0.1) is 0 Å². The van der Waals surface area contributed by atoms with Crippen LogP contribution in [0.5, 0.6) is 11.5 Å². The Kier molecular flexibility index (Phi) is 12.3. The van der Waals surface area contributed by atoms with Crippen LogP contribution in [-0.2, 0) is 19.1 Å². The van der Waals surface area contributed by atoms with Crippen molar-refractivity contribution in [1.29, 1.82) is 0 Å². The van der Waals surface area contributed by atoms with Gasteiger partial charge in [0.25, 0.3) is 5.91 Å². The lowest BCUT2D eigenvalue weighted by molar-refractivity contribution is -0.124. The molecule has 0 radical (unpaired) electrons. The van der Waals surface area contributed by atoms with Crippen LogP contribution in [0.25, 0.3) is 0 Å². The maximum absolute atomic E-state index is 12.4. The molecule has 42 heavy (non-hydrogen) atoms. The van der Waals surface area contributed by atoms with Crippen molar-refractivity contribution in [2.45, 2.75) is 26.7 Å². The number of benzene rings is 3. The molecular weight excluding hydrogens is 564 g/mol. The summed E-state index contributed by atoms with van der Waals surface area (Å²) in [5, 5.41) is 9.79. The molecule has 3 N–H and O–H groups in total. The van der Waals surface area contributed by atoms with Gasteiger partial charge in [0, 0.05) is 29.2 Å². The summed E-state index contributed by atoms with van der Waals surface area (Å²) in [6.45, 7) is 3.87. The zero-order valence-corrected chi connectivity index (χ0v) is 23.9. The molecule has 0 saturated heterocycles. The van der Waals surface area contributed by atoms with Gasteiger partial charge in [0.1, 0.15) is 0 Å². The fourth-order valence-corrected chi connectivity index (χ4v) is 3.68. The molecule has 3 rings (SSSR count). The fourth-order valence-electron chi connectivity index (χ4n) is 3.49. The quantitative estimate of drug-likeness (QED) is 0.138. The van der Waals surface area contributed by atoms with Gasteiger partial charge in [-0.05, 0) is 80.1 Å². The van der Waals surface area contributed by atoms with Crippen LogP contribution in [0.3, 0.4) is 0 Å². The van der Waals surface area contributed by atoms with Gasteiger partial charge < -0.3 is 24.8 Å². The van der Waals surface area contributed by atoms with Crippen molar-refractivity contribution in [3.05, 3.63) is 82.9 Å². The third kappa shape index (κ3) is 10.6. The molecule has 12 heteroatoms. The Morgan fingerprint density at radius 1 is 0.786 bits per heavy atom. The van der Waals surface area contributed by atoms with Crippen molar-refractivity contribution in [3.8, 4) is 11.5 Å². The Morgan fingerprint density at radius 3 is 2.24 bits per heavy atom. The number of anilines is 2. The SMILES string of the molecule is CCOC(=O)c1ccc(NC(=O)COc2ccc(C=NNC(=O)CCC(=O)Nc3cccc(Cl)c3)cc2OCC)cc1. The molecule has 11 nitrogen and oxygen atoms in total. The van der Waals surface area contributed by atoms with Crippen LogP contribution >= 0.6 is 11.6 Å². The molecule has 0 fully saturated rings. The number of hydrogen-bond acceptors (Lipinski definition) is 8. The lowest BCUT2D eigenvalue weighted by Gasteiger charge is -2.13. The standard InChI is InChI=1S/C30H31ClN4O7/c1-3-40-26-16-20(18-32-35-28(37)15-14-27(36)34-24-7-5-6-22(31)17-24)8-13-25(26)42-19-29(38)33-23-11-9-21(10-12-23)30(39)41-4-2/h5-13,16-18H,3-4,14-15,19H2,1-2H3,(H,33,38)(H,34,36)(H,35,37). The summed E-state index contributed by atoms with van der Waals surface area (Å²) in [4.78, 5) is 48.3. The van der Waals surface area contributed by atoms with Gasteiger partial charge in [-0.1, -0.05) is 17.7 Å². The Morgan fingerprint density at radius 2 is 1.52 bits per heavy atom. The van der Waals surface area contributed by atoms with Crippen LogP contribution in [0.2, 0.25) is 5.02 Å². The predicted molar refractivity (Wildman–Crippen MR) is 159 cm³/mol. The number of carbonyl (C=O) groups is 4. The molecule has 0 aliphatic rings. The Hall–Kier alpha value is -4.90. The average Bonchev–Trinajstić information content (AvgIpc) is 2.96. The highest BCUT2D eigenvalue weighted by Gasteiger charge is 2.11. The Balaban J connectivity index is 1.47. The third-order valence-electron chi connectivity index (χ3n) is 5.40. The summed E-state index contributed by atoms with van der Waals surface area (Å²) in [5.41, 5.74) is 4.42. The molecule has 3 aromatic carbocycles. The third-order valence-corrected chi connectivity index (χ3v) is 5.63. The number of nitrogens with one attached hydrogen (secondary N) is 3. The minimum atomic E-state index is -0.437. The van der Waals surface area contributed by atoms with Crippen molar-refractivity contribution < 1.29 is 33.4 Å². The van der Waals surface area contributed by atoms with E-state index in [0.29, 0.717) is 45.6 Å². The minimum absolute atomic E-state index is 0.0269. The maximum Gasteiger partial charge on any atom is 0.338 e. The molecule has 0 unspecified atom stereocenters. The molecule has 0 aliphatic heterocycles. The first-order valence-electron chi connectivity index (χ1n) is 13.1. The lowest BCUT2D eigenvalue weighted by atomic mass is 10.2. The summed E-state index contributed by atoms with van der Waals surface area (Å²) in [7, 11) is 0. The molecule has 0 saturated carbocycles. The second-order valence-corrected chi connectivity index (χ2v) is 9.06. The van der Waals surface area contributed by atoms with Crippen LogP contribution < -0.4 is 25.5 Å². The van der Waals surface area contributed by atoms with E-state index in [1.165, 1.54) is 6.21 Å². The van der Waals surface area contributed by atoms with E-state index in [2.05, 4.69) is 21.2 Å². The number of amides is 3. The number of nitrogens with zero attached hydrogens (tertiary/aromatic N) is 1. The van der Waals surface area contributed by atoms with E-state index >= 15 is 0 Å². The zero-order chi connectivity index (χ0) is 30.3. The van der Waals surface area contributed by atoms with Crippen LogP contribution in [-0.4, -0.2) is 49.7 Å². The Bertz CT molecular complexity index is 1430. The predicted octanol–water partition coefficient (Wildman–Crippen LogP) is 4.80. The number of halogens is 1. The van der Waals surface area contributed by atoms with Gasteiger partial charge in [0.2, 0.25) is 11.8 Å². The van der Waals surface area contributed by atoms with E-state index in [4.69, 9.17) is 25.8 Å². The number of rotatable bonds is 14. The second kappa shape index (κ2) is 16.4. The molecule has 0 spiro atoms. The van der Waals surface area contributed by atoms with Gasteiger partial charge in [-0.2, -0.15) is 5.10 Å². The summed E-state index contributed by atoms with van der Waals surface area (Å²) in [6, 6.07) is 18.0. The topological polar surface area (TPSA) is 144 Å². The number of hydrazone groups is 1. The van der Waals surface area contributed by atoms with Crippen LogP contribution in [0.15, 0.2) is 71.8 Å². The molecular formula is C30H31ClN4O7. The summed E-state index contributed by atoms with van der Waals surface area (Å²) >= 11 is 5.90. The minimum Gasteiger partial charge on any atom is -0.490 e. The molecule has 0 atom stereocenters. The molecule has 220 valence electrons. The largest absolute Gasteiger partial charge is 0.490 e.